The zero-order valence-corrected chi connectivity index (χ0v) is 37.1. The fourth-order valence-electron chi connectivity index (χ4n) is 7.84. The van der Waals surface area contributed by atoms with Gasteiger partial charge in [0.2, 0.25) is 35.3 Å². The molecule has 0 bridgehead atoms. The number of ether oxygens (including phenoxy) is 1. The van der Waals surface area contributed by atoms with E-state index in [1.807, 2.05) is 20.8 Å². The van der Waals surface area contributed by atoms with Crippen LogP contribution in [0.4, 0.5) is 4.79 Å². The monoisotopic (exact) mass is 917 g/mol. The Morgan fingerprint density at radius 1 is 0.937 bits per heavy atom. The Labute approximate surface area is 375 Å². The highest BCUT2D eigenvalue weighted by atomic mass is 35.5. The molecule has 6 atom stereocenters. The second kappa shape index (κ2) is 23.8. The molecule has 8 N–H and O–H groups in total. The average molecular weight is 919 g/mol. The Morgan fingerprint density at radius 2 is 1.62 bits per heavy atom. The first-order valence-electron chi connectivity index (χ1n) is 21.2. The predicted molar refractivity (Wildman–Crippen MR) is 230 cm³/mol. The lowest BCUT2D eigenvalue weighted by Crippen LogP contribution is -2.58. The summed E-state index contributed by atoms with van der Waals surface area (Å²) in [6.45, 7) is 4.74. The molecule has 2 unspecified atom stereocenters. The number of unbranched alkanes of at least 4 members (excludes halogenated alkanes) is 1. The lowest BCUT2D eigenvalue weighted by atomic mass is 9.82. The number of nitrogens with one attached hydrogen (secondary N) is 5. The SMILES string of the molecule is CCCCC(NC(=O)[C@@H]1C[C@@H](NC(=O)OCC(C)C)CN1C(=O)[C@@H](NC(=O)C1CC(Cl)=C(Cl)C=C1C(=O)O)C1CCCCC1)C(=O)C(=O)NCC(=O)N[C@H](C(N)=O)c1ccccc1. The number of aliphatic carboxylic acids is 1. The maximum Gasteiger partial charge on any atom is 0.407 e. The number of rotatable bonds is 20. The molecule has 2 fully saturated rings. The number of carboxylic acids is 1. The first-order valence-corrected chi connectivity index (χ1v) is 22.0. The van der Waals surface area contributed by atoms with Gasteiger partial charge in [-0.15, -0.1) is 0 Å². The molecule has 0 spiro atoms. The van der Waals surface area contributed by atoms with Crippen LogP contribution in [0.1, 0.15) is 96.6 Å². The van der Waals surface area contributed by atoms with Crippen molar-refractivity contribution in [3.8, 4) is 0 Å². The van der Waals surface area contributed by atoms with Gasteiger partial charge in [-0.1, -0.05) is 106 Å². The molecule has 1 saturated heterocycles. The number of ketones is 1. The highest BCUT2D eigenvalue weighted by Gasteiger charge is 2.46. The molecule has 1 heterocycles. The molecule has 0 radical (unpaired) electrons. The average Bonchev–Trinajstić information content (AvgIpc) is 3.68. The number of carboxylic acid groups (broad SMARTS) is 1. The second-order valence-electron chi connectivity index (χ2n) is 16.4. The summed E-state index contributed by atoms with van der Waals surface area (Å²) in [4.78, 5) is 121. The fraction of sp³-hybridized carbons (Fsp3) is 0.558. The summed E-state index contributed by atoms with van der Waals surface area (Å²) >= 11 is 12.4. The van der Waals surface area contributed by atoms with Gasteiger partial charge in [0.25, 0.3) is 5.91 Å². The lowest BCUT2D eigenvalue weighted by Gasteiger charge is -2.35. The largest absolute Gasteiger partial charge is 0.478 e. The standard InChI is InChI=1S/C43H57Cl2N7O11/c1-4-5-16-31(36(54)40(58)47-20-33(53)50-34(37(46)55)24-12-8-6-9-13-24)49-39(57)32-17-26(48-43(62)63-22-23(2)3)21-52(32)41(59)35(25-14-10-7-11-15-25)51-38(56)27-18-29(44)30(45)19-28(27)42(60)61/h6,8-9,12-13,19,23,25-27,31-32,34-35H,4-5,7,10-11,14-18,20-22H2,1-3H3,(H2,46,55)(H,47,58)(H,48,62)(H,49,57)(H,50,53)(H,51,56)(H,60,61)/t26-,27?,31?,32+,34+,35+/m1/s1. The number of allylic oxidation sites excluding steroid dienone is 3. The first-order chi connectivity index (χ1) is 29.9. The Morgan fingerprint density at radius 3 is 2.24 bits per heavy atom. The van der Waals surface area contributed by atoms with Crippen LogP contribution in [0, 0.1) is 17.8 Å². The summed E-state index contributed by atoms with van der Waals surface area (Å²) in [6, 6.07) is 2.22. The smallest absolute Gasteiger partial charge is 0.407 e. The minimum atomic E-state index is -1.39. The van der Waals surface area contributed by atoms with Gasteiger partial charge < -0.3 is 47.1 Å². The number of Topliss-reactive ketones (excluding diaryl/α,β-unsaturated/α-hetero) is 1. The third kappa shape index (κ3) is 14.3. The minimum Gasteiger partial charge on any atom is -0.478 e. The number of benzene rings is 1. The van der Waals surface area contributed by atoms with Gasteiger partial charge in [-0.2, -0.15) is 0 Å². The van der Waals surface area contributed by atoms with Gasteiger partial charge in [0.15, 0.2) is 0 Å². The highest BCUT2D eigenvalue weighted by Crippen LogP contribution is 2.35. The molecule has 2 aliphatic carbocycles. The van der Waals surface area contributed by atoms with E-state index in [-0.39, 0.29) is 54.0 Å². The van der Waals surface area contributed by atoms with Crippen LogP contribution in [-0.2, 0) is 43.1 Å². The summed E-state index contributed by atoms with van der Waals surface area (Å²) in [5.74, 6) is -9.26. The molecule has 4 rings (SSSR count). The summed E-state index contributed by atoms with van der Waals surface area (Å²) in [5, 5.41) is 22.7. The molecule has 344 valence electrons. The molecule has 1 aliphatic heterocycles. The van der Waals surface area contributed by atoms with Gasteiger partial charge in [-0.25, -0.2) is 9.59 Å². The maximum absolute atomic E-state index is 14.8. The van der Waals surface area contributed by atoms with E-state index < -0.39 is 102 Å². The van der Waals surface area contributed by atoms with E-state index in [0.29, 0.717) is 31.2 Å². The number of primary amides is 1. The zero-order valence-electron chi connectivity index (χ0n) is 35.6. The van der Waals surface area contributed by atoms with Crippen LogP contribution < -0.4 is 32.3 Å². The molecule has 0 aromatic heterocycles. The third-order valence-corrected chi connectivity index (χ3v) is 11.9. The summed E-state index contributed by atoms with van der Waals surface area (Å²) < 4.78 is 5.30. The molecule has 1 aromatic rings. The van der Waals surface area contributed by atoms with E-state index in [9.17, 15) is 48.3 Å². The minimum absolute atomic E-state index is 0.0170. The van der Waals surface area contributed by atoms with Gasteiger partial charge in [0, 0.05) is 18.0 Å². The van der Waals surface area contributed by atoms with Crippen LogP contribution in [0.2, 0.25) is 0 Å². The van der Waals surface area contributed by atoms with Gasteiger partial charge >= 0.3 is 12.1 Å². The summed E-state index contributed by atoms with van der Waals surface area (Å²) in [5.41, 5.74) is 5.58. The topological polar surface area (TPSA) is 272 Å². The zero-order chi connectivity index (χ0) is 46.4. The molecule has 3 aliphatic rings. The molecule has 7 amide bonds. The molecule has 20 heteroatoms. The Balaban J connectivity index is 1.57. The number of hydrogen-bond donors (Lipinski definition) is 7. The van der Waals surface area contributed by atoms with Crippen molar-refractivity contribution in [1.82, 2.24) is 31.5 Å². The van der Waals surface area contributed by atoms with Crippen LogP contribution in [-0.4, -0.2) is 107 Å². The molecular weight excluding hydrogens is 861 g/mol. The van der Waals surface area contributed by atoms with Crippen molar-refractivity contribution >= 4 is 76.5 Å². The normalized spacial score (nSPS) is 20.4. The maximum atomic E-state index is 14.8. The fourth-order valence-corrected chi connectivity index (χ4v) is 8.24. The van der Waals surface area contributed by atoms with Crippen molar-refractivity contribution in [2.24, 2.45) is 23.5 Å². The molecule has 63 heavy (non-hydrogen) atoms. The number of carbonyl (C=O) groups excluding carboxylic acids is 8. The molecule has 18 nitrogen and oxygen atoms in total. The van der Waals surface area contributed by atoms with E-state index in [4.69, 9.17) is 33.7 Å². The van der Waals surface area contributed by atoms with Gasteiger partial charge in [0.05, 0.1) is 41.8 Å². The summed E-state index contributed by atoms with van der Waals surface area (Å²) in [7, 11) is 0. The lowest BCUT2D eigenvalue weighted by molar-refractivity contribution is -0.145. The number of likely N-dealkylation sites (tertiary alicyclic amines) is 1. The van der Waals surface area contributed by atoms with Crippen molar-refractivity contribution in [2.75, 3.05) is 19.7 Å². The molecule has 1 aromatic carbocycles. The Bertz CT molecular complexity index is 1950. The highest BCUT2D eigenvalue weighted by molar-refractivity contribution is 6.41. The predicted octanol–water partition coefficient (Wildman–Crippen LogP) is 2.83. The quantitative estimate of drug-likeness (QED) is 0.0935. The number of hydrogen-bond acceptors (Lipinski definition) is 10. The Kier molecular flexibility index (Phi) is 19.0. The number of halogens is 2. The van der Waals surface area contributed by atoms with Crippen LogP contribution in [0.5, 0.6) is 0 Å². The number of nitrogens with two attached hydrogens (primary N) is 1. The van der Waals surface area contributed by atoms with E-state index in [1.165, 1.54) is 4.90 Å². The van der Waals surface area contributed by atoms with Crippen LogP contribution in [0.15, 0.2) is 52.0 Å². The number of nitrogens with zero attached hydrogens (tertiary/aromatic N) is 1. The number of carbonyl (C=O) groups is 9. The number of amides is 7. The molecule has 1 saturated carbocycles. The van der Waals surface area contributed by atoms with Crippen molar-refractivity contribution in [3.05, 3.63) is 57.6 Å². The van der Waals surface area contributed by atoms with Crippen molar-refractivity contribution in [1.29, 1.82) is 0 Å². The van der Waals surface area contributed by atoms with E-state index >= 15 is 0 Å². The van der Waals surface area contributed by atoms with Crippen LogP contribution >= 0.6 is 23.2 Å². The van der Waals surface area contributed by atoms with Gasteiger partial charge in [0.1, 0.15) is 18.1 Å². The number of alkyl carbamates (subject to hydrolysis) is 1. The summed E-state index contributed by atoms with van der Waals surface area (Å²) in [6.07, 6.45) is 4.43. The van der Waals surface area contributed by atoms with Crippen LogP contribution in [0.25, 0.3) is 0 Å². The van der Waals surface area contributed by atoms with Gasteiger partial charge in [-0.05, 0) is 49.2 Å². The van der Waals surface area contributed by atoms with Crippen LogP contribution in [0.3, 0.4) is 0 Å². The van der Waals surface area contributed by atoms with Gasteiger partial charge in [-0.3, -0.25) is 33.6 Å². The van der Waals surface area contributed by atoms with E-state index in [1.54, 1.807) is 30.3 Å². The van der Waals surface area contributed by atoms with Crippen molar-refractivity contribution in [2.45, 2.75) is 115 Å². The Hall–Kier alpha value is -5.49. The third-order valence-electron chi connectivity index (χ3n) is 11.1. The van der Waals surface area contributed by atoms with E-state index in [2.05, 4.69) is 26.6 Å². The molecular formula is C43H57Cl2N7O11. The second-order valence-corrected chi connectivity index (χ2v) is 17.3. The van der Waals surface area contributed by atoms with E-state index in [0.717, 1.165) is 25.3 Å². The van der Waals surface area contributed by atoms with Crippen molar-refractivity contribution < 1.29 is 53.0 Å². The van der Waals surface area contributed by atoms with Crippen molar-refractivity contribution in [3.63, 3.8) is 0 Å². The first kappa shape index (κ1) is 50.2.